The van der Waals surface area contributed by atoms with Crippen molar-refractivity contribution in [3.63, 3.8) is 0 Å². The molecule has 20 heavy (non-hydrogen) atoms. The highest BCUT2D eigenvalue weighted by molar-refractivity contribution is 7.71. The van der Waals surface area contributed by atoms with E-state index in [0.29, 0.717) is 22.1 Å². The van der Waals surface area contributed by atoms with Gasteiger partial charge in [-0.1, -0.05) is 11.6 Å². The van der Waals surface area contributed by atoms with Gasteiger partial charge in [-0.2, -0.15) is 0 Å². The first kappa shape index (κ1) is 13.2. The van der Waals surface area contributed by atoms with Crippen LogP contribution in [0.1, 0.15) is 0 Å². The molecular formula is C13H6ClF3N2S. The van der Waals surface area contributed by atoms with Crippen LogP contribution < -0.4 is 0 Å². The lowest BCUT2D eigenvalue weighted by molar-refractivity contribution is 0.491. The Hall–Kier alpha value is -1.79. The maximum absolute atomic E-state index is 13.9. The number of hydrogen-bond donors (Lipinski definition) is 1. The van der Waals surface area contributed by atoms with Gasteiger partial charge >= 0.3 is 0 Å². The van der Waals surface area contributed by atoms with Crippen LogP contribution in [0.3, 0.4) is 0 Å². The molecule has 0 aliphatic heterocycles. The van der Waals surface area contributed by atoms with Crippen molar-refractivity contribution in [1.29, 1.82) is 0 Å². The first-order chi connectivity index (χ1) is 9.47. The predicted molar refractivity (Wildman–Crippen MR) is 73.3 cm³/mol. The molecule has 1 heterocycles. The van der Waals surface area contributed by atoms with Gasteiger partial charge in [0.05, 0.1) is 16.7 Å². The Morgan fingerprint density at radius 3 is 2.60 bits per heavy atom. The van der Waals surface area contributed by atoms with E-state index >= 15 is 0 Å². The maximum atomic E-state index is 13.9. The number of imidazole rings is 1. The average Bonchev–Trinajstić information content (AvgIpc) is 2.69. The number of aromatic amines is 1. The van der Waals surface area contributed by atoms with Crippen LogP contribution in [0, 0.1) is 22.2 Å². The Bertz CT molecular complexity index is 885. The summed E-state index contributed by atoms with van der Waals surface area (Å²) in [6.45, 7) is 0. The third kappa shape index (κ3) is 2.01. The van der Waals surface area contributed by atoms with E-state index in [1.165, 1.54) is 4.57 Å². The fourth-order valence-electron chi connectivity index (χ4n) is 2.03. The molecule has 2 aromatic carbocycles. The van der Waals surface area contributed by atoms with Crippen molar-refractivity contribution in [3.8, 4) is 5.69 Å². The first-order valence-electron chi connectivity index (χ1n) is 5.52. The SMILES string of the molecule is Fc1cc(F)c(F)c(-n2c(=S)[nH]c3cc(Cl)ccc32)c1. The zero-order chi connectivity index (χ0) is 14.4. The number of rotatable bonds is 1. The molecule has 1 N–H and O–H groups in total. The zero-order valence-corrected chi connectivity index (χ0v) is 11.3. The quantitative estimate of drug-likeness (QED) is 0.507. The van der Waals surface area contributed by atoms with Gasteiger partial charge in [-0.15, -0.1) is 0 Å². The summed E-state index contributed by atoms with van der Waals surface area (Å²) in [5.74, 6) is -3.33. The zero-order valence-electron chi connectivity index (χ0n) is 9.75. The van der Waals surface area contributed by atoms with E-state index in [4.69, 9.17) is 23.8 Å². The molecule has 0 saturated carbocycles. The minimum atomic E-state index is -1.27. The number of fused-ring (bicyclic) bond motifs is 1. The topological polar surface area (TPSA) is 20.7 Å². The van der Waals surface area contributed by atoms with Gasteiger partial charge in [0.1, 0.15) is 5.82 Å². The van der Waals surface area contributed by atoms with Gasteiger partial charge in [0.15, 0.2) is 16.4 Å². The van der Waals surface area contributed by atoms with Crippen molar-refractivity contribution in [2.24, 2.45) is 0 Å². The van der Waals surface area contributed by atoms with E-state index in [-0.39, 0.29) is 10.5 Å². The van der Waals surface area contributed by atoms with Crippen molar-refractivity contribution < 1.29 is 13.2 Å². The Kier molecular flexibility index (Phi) is 3.07. The van der Waals surface area contributed by atoms with Crippen LogP contribution in [-0.2, 0) is 0 Å². The average molecular weight is 315 g/mol. The third-order valence-corrected chi connectivity index (χ3v) is 3.38. The minimum Gasteiger partial charge on any atom is -0.330 e. The first-order valence-corrected chi connectivity index (χ1v) is 6.31. The summed E-state index contributed by atoms with van der Waals surface area (Å²) in [6.07, 6.45) is 0. The van der Waals surface area contributed by atoms with Crippen molar-refractivity contribution in [2.45, 2.75) is 0 Å². The number of halogens is 4. The van der Waals surface area contributed by atoms with Crippen LogP contribution in [-0.4, -0.2) is 9.55 Å². The lowest BCUT2D eigenvalue weighted by Crippen LogP contribution is -2.01. The van der Waals surface area contributed by atoms with Gasteiger partial charge < -0.3 is 4.98 Å². The predicted octanol–water partition coefficient (Wildman–Crippen LogP) is 4.76. The molecule has 0 atom stereocenters. The Morgan fingerprint density at radius 1 is 1.10 bits per heavy atom. The summed E-state index contributed by atoms with van der Waals surface area (Å²) in [4.78, 5) is 2.81. The van der Waals surface area contributed by atoms with E-state index in [0.717, 1.165) is 6.07 Å². The molecule has 7 heteroatoms. The van der Waals surface area contributed by atoms with Crippen LogP contribution in [0.25, 0.3) is 16.7 Å². The molecule has 2 nitrogen and oxygen atoms in total. The van der Waals surface area contributed by atoms with Crippen molar-refractivity contribution in [3.05, 3.63) is 57.6 Å². The molecule has 0 saturated heterocycles. The summed E-state index contributed by atoms with van der Waals surface area (Å²) < 4.78 is 41.9. The van der Waals surface area contributed by atoms with Crippen LogP contribution in [0.4, 0.5) is 13.2 Å². The van der Waals surface area contributed by atoms with Crippen molar-refractivity contribution in [2.75, 3.05) is 0 Å². The van der Waals surface area contributed by atoms with Gasteiger partial charge in [-0.3, -0.25) is 4.57 Å². The van der Waals surface area contributed by atoms with Crippen LogP contribution in [0.2, 0.25) is 5.02 Å². The van der Waals surface area contributed by atoms with Crippen molar-refractivity contribution in [1.82, 2.24) is 9.55 Å². The molecule has 0 aliphatic carbocycles. The summed E-state index contributed by atoms with van der Waals surface area (Å²) in [5, 5.41) is 0.465. The summed E-state index contributed by atoms with van der Waals surface area (Å²) in [5.41, 5.74) is 0.732. The van der Waals surface area contributed by atoms with Gasteiger partial charge in [0.2, 0.25) is 0 Å². The minimum absolute atomic E-state index is 0.117. The molecule has 102 valence electrons. The Morgan fingerprint density at radius 2 is 1.85 bits per heavy atom. The van der Waals surface area contributed by atoms with Crippen LogP contribution in [0.15, 0.2) is 30.3 Å². The second kappa shape index (κ2) is 4.64. The fourth-order valence-corrected chi connectivity index (χ4v) is 2.51. The second-order valence-corrected chi connectivity index (χ2v) is 4.97. The Balaban J connectivity index is 2.41. The highest BCUT2D eigenvalue weighted by Crippen LogP contribution is 2.25. The molecule has 3 rings (SSSR count). The maximum Gasteiger partial charge on any atom is 0.183 e. The summed E-state index contributed by atoms with van der Waals surface area (Å²) >= 11 is 10.9. The molecule has 3 aromatic rings. The van der Waals surface area contributed by atoms with E-state index in [1.807, 2.05) is 0 Å². The number of nitrogens with zero attached hydrogens (tertiary/aromatic N) is 1. The smallest absolute Gasteiger partial charge is 0.183 e. The molecule has 0 unspecified atom stereocenters. The van der Waals surface area contributed by atoms with Gasteiger partial charge in [-0.05, 0) is 30.4 Å². The lowest BCUT2D eigenvalue weighted by atomic mass is 10.2. The highest BCUT2D eigenvalue weighted by atomic mass is 35.5. The van der Waals surface area contributed by atoms with Crippen LogP contribution >= 0.6 is 23.8 Å². The largest absolute Gasteiger partial charge is 0.330 e. The number of hydrogen-bond acceptors (Lipinski definition) is 1. The molecule has 0 bridgehead atoms. The summed E-state index contributed by atoms with van der Waals surface area (Å²) in [6, 6.07) is 6.13. The highest BCUT2D eigenvalue weighted by Gasteiger charge is 2.16. The molecular weight excluding hydrogens is 309 g/mol. The van der Waals surface area contributed by atoms with Gasteiger partial charge in [-0.25, -0.2) is 13.2 Å². The molecule has 0 radical (unpaired) electrons. The normalized spacial score (nSPS) is 11.2. The monoisotopic (exact) mass is 314 g/mol. The molecule has 1 aromatic heterocycles. The Labute approximate surface area is 121 Å². The third-order valence-electron chi connectivity index (χ3n) is 2.86. The number of benzene rings is 2. The summed E-state index contributed by atoms with van der Waals surface area (Å²) in [7, 11) is 0. The van der Waals surface area contributed by atoms with E-state index in [2.05, 4.69) is 4.98 Å². The standard InChI is InChI=1S/C13H6ClF3N2S/c14-6-1-2-10-9(3-6)18-13(20)19(10)11-5-7(15)4-8(16)12(11)17/h1-5H,(H,18,20). The van der Waals surface area contributed by atoms with E-state index in [9.17, 15) is 13.2 Å². The number of H-pyrrole nitrogens is 1. The van der Waals surface area contributed by atoms with E-state index < -0.39 is 17.5 Å². The molecule has 0 amide bonds. The molecule has 0 fully saturated rings. The van der Waals surface area contributed by atoms with Crippen LogP contribution in [0.5, 0.6) is 0 Å². The number of nitrogens with one attached hydrogen (secondary N) is 1. The number of aromatic nitrogens is 2. The van der Waals surface area contributed by atoms with Crippen molar-refractivity contribution >= 4 is 34.9 Å². The molecule has 0 aliphatic rings. The molecule has 0 spiro atoms. The van der Waals surface area contributed by atoms with E-state index in [1.54, 1.807) is 18.2 Å². The fraction of sp³-hybridized carbons (Fsp3) is 0. The van der Waals surface area contributed by atoms with Gasteiger partial charge in [0, 0.05) is 17.2 Å². The second-order valence-electron chi connectivity index (χ2n) is 4.15. The van der Waals surface area contributed by atoms with Gasteiger partial charge in [0.25, 0.3) is 0 Å². The lowest BCUT2D eigenvalue weighted by Gasteiger charge is -2.07.